The lowest BCUT2D eigenvalue weighted by Gasteiger charge is -2.22. The first-order chi connectivity index (χ1) is 8.31. The topological polar surface area (TPSA) is 59.6 Å². The Hall–Kier alpha value is -1.71. The highest BCUT2D eigenvalue weighted by molar-refractivity contribution is 6.00. The number of benzene rings is 1. The lowest BCUT2D eigenvalue weighted by Crippen LogP contribution is -2.27. The van der Waals surface area contributed by atoms with Gasteiger partial charge in [0.25, 0.3) is 0 Å². The first-order valence-corrected chi connectivity index (χ1v) is 6.17. The molecule has 1 fully saturated rings. The van der Waals surface area contributed by atoms with Gasteiger partial charge in [-0.2, -0.15) is 0 Å². The van der Waals surface area contributed by atoms with Gasteiger partial charge in [-0.25, -0.2) is 0 Å². The summed E-state index contributed by atoms with van der Waals surface area (Å²) >= 11 is 0. The summed E-state index contributed by atoms with van der Waals surface area (Å²) in [5.74, 6) is 1.78. The summed E-state index contributed by atoms with van der Waals surface area (Å²) in [6.45, 7) is 0.535. The van der Waals surface area contributed by atoms with Gasteiger partial charge >= 0.3 is 0 Å². The lowest BCUT2D eigenvalue weighted by molar-refractivity contribution is 0.371. The minimum Gasteiger partial charge on any atom is -0.484 e. The van der Waals surface area contributed by atoms with Gasteiger partial charge in [0.15, 0.2) is 0 Å². The van der Waals surface area contributed by atoms with Crippen LogP contribution < -0.4 is 15.8 Å². The van der Waals surface area contributed by atoms with Crippen LogP contribution in [0.25, 0.3) is 0 Å². The summed E-state index contributed by atoms with van der Waals surface area (Å²) in [5.41, 5.74) is 7.42. The summed E-state index contributed by atoms with van der Waals surface area (Å²) in [6, 6.07) is 6.10. The minimum absolute atomic E-state index is 0.476. The van der Waals surface area contributed by atoms with Gasteiger partial charge in [-0.05, 0) is 31.0 Å². The average Bonchev–Trinajstić information content (AvgIpc) is 2.81. The number of fused-ring (bicyclic) bond motifs is 1. The van der Waals surface area contributed by atoms with Gasteiger partial charge in [0.2, 0.25) is 0 Å². The van der Waals surface area contributed by atoms with Crippen LogP contribution >= 0.6 is 0 Å². The van der Waals surface area contributed by atoms with Gasteiger partial charge in [-0.3, -0.25) is 4.99 Å². The Bertz CT molecular complexity index is 450. The number of amidine groups is 1. The van der Waals surface area contributed by atoms with Crippen LogP contribution in [-0.2, 0) is 0 Å². The van der Waals surface area contributed by atoms with Crippen LogP contribution in [-0.4, -0.2) is 18.5 Å². The fourth-order valence-electron chi connectivity index (χ4n) is 2.43. The fraction of sp³-hybridized carbons (Fsp3) is 0.462. The number of hydrogen-bond acceptors (Lipinski definition) is 3. The van der Waals surface area contributed by atoms with E-state index in [0.29, 0.717) is 12.6 Å². The van der Waals surface area contributed by atoms with E-state index in [0.717, 1.165) is 23.0 Å². The summed E-state index contributed by atoms with van der Waals surface area (Å²) in [4.78, 5) is 4.70. The predicted molar refractivity (Wildman–Crippen MR) is 69.7 cm³/mol. The third-order valence-corrected chi connectivity index (χ3v) is 3.31. The standard InChI is InChI=1S/C13H17N3O/c14-9-5-6-12-11(7-9)16-13(8-17-12)15-10-3-1-2-4-10/h5-7,10H,1-4,8,14H2,(H,15,16). The van der Waals surface area contributed by atoms with Crippen molar-refractivity contribution in [3.05, 3.63) is 18.2 Å². The van der Waals surface area contributed by atoms with E-state index in [2.05, 4.69) is 5.32 Å². The van der Waals surface area contributed by atoms with E-state index >= 15 is 0 Å². The first-order valence-electron chi connectivity index (χ1n) is 6.17. The second-order valence-electron chi connectivity index (χ2n) is 4.68. The molecule has 1 aromatic carbocycles. The fourth-order valence-corrected chi connectivity index (χ4v) is 2.43. The van der Waals surface area contributed by atoms with Crippen molar-refractivity contribution >= 4 is 17.2 Å². The highest BCUT2D eigenvalue weighted by atomic mass is 16.5. The summed E-state index contributed by atoms with van der Waals surface area (Å²) in [7, 11) is 0. The summed E-state index contributed by atoms with van der Waals surface area (Å²) in [6.07, 6.45) is 5.00. The van der Waals surface area contributed by atoms with Gasteiger partial charge in [-0.15, -0.1) is 0 Å². The number of rotatable bonds is 1. The maximum absolute atomic E-state index is 5.76. The average molecular weight is 231 g/mol. The SMILES string of the molecule is Nc1ccc2c(c1)NC(=NC1CCCC1)CO2. The Morgan fingerprint density at radius 2 is 2.12 bits per heavy atom. The van der Waals surface area contributed by atoms with Crippen molar-refractivity contribution in [2.75, 3.05) is 17.7 Å². The molecular weight excluding hydrogens is 214 g/mol. The summed E-state index contributed by atoms with van der Waals surface area (Å²) in [5, 5.41) is 3.31. The van der Waals surface area contributed by atoms with Crippen LogP contribution in [0.1, 0.15) is 25.7 Å². The van der Waals surface area contributed by atoms with Crippen LogP contribution in [0.2, 0.25) is 0 Å². The number of ether oxygens (including phenoxy) is 1. The van der Waals surface area contributed by atoms with Crippen LogP contribution in [0, 0.1) is 0 Å². The normalized spacial score (nSPS) is 22.0. The Morgan fingerprint density at radius 3 is 2.94 bits per heavy atom. The molecule has 0 aromatic heterocycles. The summed E-state index contributed by atoms with van der Waals surface area (Å²) < 4.78 is 5.65. The molecular formula is C13H17N3O. The Labute approximate surface area is 101 Å². The van der Waals surface area contributed by atoms with Gasteiger partial charge < -0.3 is 15.8 Å². The van der Waals surface area contributed by atoms with E-state index < -0.39 is 0 Å². The van der Waals surface area contributed by atoms with Crippen molar-refractivity contribution in [2.24, 2.45) is 4.99 Å². The number of anilines is 2. The number of nitrogens with one attached hydrogen (secondary N) is 1. The van der Waals surface area contributed by atoms with E-state index in [1.807, 2.05) is 18.2 Å². The molecule has 1 aliphatic heterocycles. The molecule has 4 nitrogen and oxygen atoms in total. The molecule has 3 N–H and O–H groups in total. The van der Waals surface area contributed by atoms with Crippen LogP contribution in [0.4, 0.5) is 11.4 Å². The van der Waals surface area contributed by atoms with E-state index in [-0.39, 0.29) is 0 Å². The van der Waals surface area contributed by atoms with Crippen LogP contribution in [0.15, 0.2) is 23.2 Å². The van der Waals surface area contributed by atoms with E-state index in [1.54, 1.807) is 0 Å². The second kappa shape index (κ2) is 4.28. The number of aliphatic imine (C=N–C) groups is 1. The van der Waals surface area contributed by atoms with E-state index in [9.17, 15) is 0 Å². The third-order valence-electron chi connectivity index (χ3n) is 3.31. The molecule has 1 heterocycles. The quantitative estimate of drug-likeness (QED) is 0.730. The van der Waals surface area contributed by atoms with E-state index in [4.69, 9.17) is 15.5 Å². The van der Waals surface area contributed by atoms with Crippen LogP contribution in [0.3, 0.4) is 0 Å². The minimum atomic E-state index is 0.476. The highest BCUT2D eigenvalue weighted by Crippen LogP contribution is 2.30. The molecule has 3 rings (SSSR count). The molecule has 1 aliphatic carbocycles. The van der Waals surface area contributed by atoms with Crippen LogP contribution in [0.5, 0.6) is 5.75 Å². The molecule has 0 saturated heterocycles. The Morgan fingerprint density at radius 1 is 1.29 bits per heavy atom. The highest BCUT2D eigenvalue weighted by Gasteiger charge is 2.18. The smallest absolute Gasteiger partial charge is 0.146 e. The van der Waals surface area contributed by atoms with Crippen molar-refractivity contribution in [3.8, 4) is 5.75 Å². The largest absolute Gasteiger partial charge is 0.484 e. The zero-order valence-electron chi connectivity index (χ0n) is 9.78. The van der Waals surface area contributed by atoms with Crippen molar-refractivity contribution < 1.29 is 4.74 Å². The lowest BCUT2D eigenvalue weighted by atomic mass is 10.2. The maximum Gasteiger partial charge on any atom is 0.146 e. The molecule has 0 radical (unpaired) electrons. The number of hydrogen-bond donors (Lipinski definition) is 2. The van der Waals surface area contributed by atoms with Gasteiger partial charge in [-0.1, -0.05) is 12.8 Å². The van der Waals surface area contributed by atoms with Crippen molar-refractivity contribution in [1.82, 2.24) is 0 Å². The van der Waals surface area contributed by atoms with Crippen molar-refractivity contribution in [2.45, 2.75) is 31.7 Å². The van der Waals surface area contributed by atoms with Gasteiger partial charge in [0, 0.05) is 5.69 Å². The van der Waals surface area contributed by atoms with Crippen molar-refractivity contribution in [3.63, 3.8) is 0 Å². The van der Waals surface area contributed by atoms with Gasteiger partial charge in [0.05, 0.1) is 11.7 Å². The maximum atomic E-state index is 5.76. The number of nitrogen functional groups attached to an aromatic ring is 1. The molecule has 17 heavy (non-hydrogen) atoms. The first kappa shape index (κ1) is 10.4. The van der Waals surface area contributed by atoms with Crippen molar-refractivity contribution in [1.29, 1.82) is 0 Å². The molecule has 4 heteroatoms. The molecule has 2 aliphatic rings. The Kier molecular flexibility index (Phi) is 2.63. The molecule has 1 aromatic rings. The number of nitrogens with zero attached hydrogens (tertiary/aromatic N) is 1. The van der Waals surface area contributed by atoms with Gasteiger partial charge in [0.1, 0.15) is 18.2 Å². The molecule has 0 amide bonds. The third kappa shape index (κ3) is 2.20. The zero-order chi connectivity index (χ0) is 11.7. The predicted octanol–water partition coefficient (Wildman–Crippen LogP) is 2.41. The second-order valence-corrected chi connectivity index (χ2v) is 4.68. The van der Waals surface area contributed by atoms with E-state index in [1.165, 1.54) is 25.7 Å². The zero-order valence-corrected chi connectivity index (χ0v) is 9.78. The molecule has 0 bridgehead atoms. The molecule has 90 valence electrons. The number of nitrogens with two attached hydrogens (primary N) is 1. The molecule has 0 atom stereocenters. The molecule has 1 saturated carbocycles. The Balaban J connectivity index is 1.79. The molecule has 0 unspecified atom stereocenters. The molecule has 0 spiro atoms. The monoisotopic (exact) mass is 231 g/mol.